The SMILES string of the molecule is O=C(Nc1cccc([C@H]2SCC(=O)N2c2ccc3c(c2)OCCO3)c1)C1CC1. The first-order valence-electron chi connectivity index (χ1n) is 9.43. The van der Waals surface area contributed by atoms with Crippen LogP contribution in [-0.2, 0) is 9.59 Å². The fourth-order valence-corrected chi connectivity index (χ4v) is 4.66. The normalized spacial score (nSPS) is 20.9. The molecule has 7 heteroatoms. The van der Waals surface area contributed by atoms with Crippen LogP contribution >= 0.6 is 11.8 Å². The van der Waals surface area contributed by atoms with Crippen LogP contribution < -0.4 is 19.7 Å². The van der Waals surface area contributed by atoms with Crippen LogP contribution in [-0.4, -0.2) is 30.8 Å². The molecule has 0 unspecified atom stereocenters. The lowest BCUT2D eigenvalue weighted by atomic mass is 10.1. The number of rotatable bonds is 4. The molecule has 0 spiro atoms. The van der Waals surface area contributed by atoms with Crippen LogP contribution in [0.1, 0.15) is 23.8 Å². The quantitative estimate of drug-likeness (QED) is 0.856. The molecule has 144 valence electrons. The van der Waals surface area contributed by atoms with Crippen LogP contribution in [0.5, 0.6) is 11.5 Å². The fraction of sp³-hybridized carbons (Fsp3) is 0.333. The summed E-state index contributed by atoms with van der Waals surface area (Å²) in [5, 5.41) is 2.84. The van der Waals surface area contributed by atoms with E-state index >= 15 is 0 Å². The molecule has 6 nitrogen and oxygen atoms in total. The van der Waals surface area contributed by atoms with E-state index in [2.05, 4.69) is 5.32 Å². The minimum absolute atomic E-state index is 0.0547. The largest absolute Gasteiger partial charge is 0.486 e. The molecule has 2 fully saturated rings. The molecule has 2 heterocycles. The Morgan fingerprint density at radius 2 is 1.89 bits per heavy atom. The zero-order valence-corrected chi connectivity index (χ0v) is 16.0. The van der Waals surface area contributed by atoms with Crippen molar-refractivity contribution in [3.8, 4) is 11.5 Å². The molecule has 2 aromatic rings. The maximum absolute atomic E-state index is 12.7. The van der Waals surface area contributed by atoms with E-state index in [1.54, 1.807) is 16.7 Å². The van der Waals surface area contributed by atoms with Crippen molar-refractivity contribution in [1.29, 1.82) is 0 Å². The topological polar surface area (TPSA) is 67.9 Å². The number of nitrogens with zero attached hydrogens (tertiary/aromatic N) is 1. The first-order chi connectivity index (χ1) is 13.7. The van der Waals surface area contributed by atoms with E-state index in [0.717, 1.165) is 29.8 Å². The number of fused-ring (bicyclic) bond motifs is 1. The highest BCUT2D eigenvalue weighted by Gasteiger charge is 2.35. The second-order valence-corrected chi connectivity index (χ2v) is 8.21. The summed E-state index contributed by atoms with van der Waals surface area (Å²) in [6, 6.07) is 13.4. The summed E-state index contributed by atoms with van der Waals surface area (Å²) in [6.45, 7) is 1.04. The van der Waals surface area contributed by atoms with Crippen molar-refractivity contribution in [3.05, 3.63) is 48.0 Å². The summed E-state index contributed by atoms with van der Waals surface area (Å²) >= 11 is 1.58. The number of anilines is 2. The molecule has 2 amide bonds. The first-order valence-corrected chi connectivity index (χ1v) is 10.5. The highest BCUT2D eigenvalue weighted by atomic mass is 32.2. The summed E-state index contributed by atoms with van der Waals surface area (Å²) in [6.07, 6.45) is 1.94. The molecule has 2 aliphatic heterocycles. The molecule has 0 radical (unpaired) electrons. The smallest absolute Gasteiger partial charge is 0.238 e. The standard InChI is InChI=1S/C21H20N2O4S/c24-19-12-28-21(14-2-1-3-15(10-14)22-20(25)13-4-5-13)23(19)16-6-7-17-18(11-16)27-9-8-26-17/h1-3,6-7,10-11,13,21H,4-5,8-9,12H2,(H,22,25)/t21-/m1/s1. The van der Waals surface area contributed by atoms with Crippen LogP contribution in [0.4, 0.5) is 11.4 Å². The number of amides is 2. The lowest BCUT2D eigenvalue weighted by molar-refractivity contribution is -0.117. The third-order valence-electron chi connectivity index (χ3n) is 5.06. The zero-order valence-electron chi connectivity index (χ0n) is 15.2. The van der Waals surface area contributed by atoms with Gasteiger partial charge in [0.15, 0.2) is 11.5 Å². The molecular weight excluding hydrogens is 376 g/mol. The van der Waals surface area contributed by atoms with Gasteiger partial charge in [-0.3, -0.25) is 14.5 Å². The van der Waals surface area contributed by atoms with E-state index < -0.39 is 0 Å². The predicted molar refractivity (Wildman–Crippen MR) is 108 cm³/mol. The molecule has 1 N–H and O–H groups in total. The number of carbonyl (C=O) groups excluding carboxylic acids is 2. The fourth-order valence-electron chi connectivity index (χ4n) is 3.49. The van der Waals surface area contributed by atoms with Crippen LogP contribution in [0.2, 0.25) is 0 Å². The monoisotopic (exact) mass is 396 g/mol. The molecule has 1 saturated heterocycles. The minimum Gasteiger partial charge on any atom is -0.486 e. The van der Waals surface area contributed by atoms with Gasteiger partial charge in [0, 0.05) is 23.4 Å². The van der Waals surface area contributed by atoms with Crippen LogP contribution in [0.3, 0.4) is 0 Å². The Bertz CT molecular complexity index is 944. The van der Waals surface area contributed by atoms with E-state index in [1.807, 2.05) is 42.5 Å². The zero-order chi connectivity index (χ0) is 19.1. The van der Waals surface area contributed by atoms with Crippen molar-refractivity contribution in [1.82, 2.24) is 0 Å². The maximum Gasteiger partial charge on any atom is 0.238 e. The van der Waals surface area contributed by atoms with E-state index in [0.29, 0.717) is 30.5 Å². The Kier molecular flexibility index (Phi) is 4.39. The Labute approximate surface area is 167 Å². The van der Waals surface area contributed by atoms with E-state index in [-0.39, 0.29) is 23.1 Å². The van der Waals surface area contributed by atoms with E-state index in [9.17, 15) is 9.59 Å². The van der Waals surface area contributed by atoms with Gasteiger partial charge in [-0.15, -0.1) is 11.8 Å². The van der Waals surface area contributed by atoms with Gasteiger partial charge in [-0.05, 0) is 42.7 Å². The Morgan fingerprint density at radius 1 is 1.07 bits per heavy atom. The molecule has 5 rings (SSSR count). The number of nitrogens with one attached hydrogen (secondary N) is 1. The Hall–Kier alpha value is -2.67. The van der Waals surface area contributed by atoms with Crippen molar-refractivity contribution >= 4 is 35.0 Å². The maximum atomic E-state index is 12.7. The highest BCUT2D eigenvalue weighted by Crippen LogP contribution is 2.44. The van der Waals surface area contributed by atoms with Gasteiger partial charge in [0.05, 0.1) is 5.75 Å². The Morgan fingerprint density at radius 3 is 2.71 bits per heavy atom. The average Bonchev–Trinajstić information content (AvgIpc) is 3.50. The second kappa shape index (κ2) is 7.05. The van der Waals surface area contributed by atoms with Gasteiger partial charge in [-0.25, -0.2) is 0 Å². The number of hydrogen-bond donors (Lipinski definition) is 1. The molecule has 0 bridgehead atoms. The molecule has 1 saturated carbocycles. The third-order valence-corrected chi connectivity index (χ3v) is 6.27. The van der Waals surface area contributed by atoms with Gasteiger partial charge in [0.2, 0.25) is 11.8 Å². The molecule has 2 aromatic carbocycles. The summed E-state index contributed by atoms with van der Waals surface area (Å²) in [4.78, 5) is 26.5. The highest BCUT2D eigenvalue weighted by molar-refractivity contribution is 8.00. The van der Waals surface area contributed by atoms with Gasteiger partial charge in [-0.2, -0.15) is 0 Å². The minimum atomic E-state index is -0.146. The van der Waals surface area contributed by atoms with Crippen LogP contribution in [0.25, 0.3) is 0 Å². The average molecular weight is 396 g/mol. The lowest BCUT2D eigenvalue weighted by Crippen LogP contribution is -2.28. The molecule has 1 atom stereocenters. The van der Waals surface area contributed by atoms with Gasteiger partial charge in [0.1, 0.15) is 18.6 Å². The number of carbonyl (C=O) groups is 2. The number of thioether (sulfide) groups is 1. The molecule has 1 aliphatic carbocycles. The summed E-state index contributed by atoms with van der Waals surface area (Å²) < 4.78 is 11.3. The number of benzene rings is 2. The second-order valence-electron chi connectivity index (χ2n) is 7.14. The predicted octanol–water partition coefficient (Wildman–Crippen LogP) is 3.58. The molecular formula is C21H20N2O4S. The molecule has 28 heavy (non-hydrogen) atoms. The van der Waals surface area contributed by atoms with Crippen molar-refractivity contribution in [2.45, 2.75) is 18.2 Å². The summed E-state index contributed by atoms with van der Waals surface area (Å²) in [5.41, 5.74) is 2.55. The van der Waals surface area contributed by atoms with Crippen molar-refractivity contribution in [2.24, 2.45) is 5.92 Å². The summed E-state index contributed by atoms with van der Waals surface area (Å²) in [5.74, 6) is 2.07. The molecule has 3 aliphatic rings. The van der Waals surface area contributed by atoms with Gasteiger partial charge in [0.25, 0.3) is 0 Å². The van der Waals surface area contributed by atoms with Gasteiger partial charge < -0.3 is 14.8 Å². The summed E-state index contributed by atoms with van der Waals surface area (Å²) in [7, 11) is 0. The van der Waals surface area contributed by atoms with Gasteiger partial charge >= 0.3 is 0 Å². The lowest BCUT2D eigenvalue weighted by Gasteiger charge is -2.26. The Balaban J connectivity index is 1.43. The van der Waals surface area contributed by atoms with Gasteiger partial charge in [-0.1, -0.05) is 12.1 Å². The number of ether oxygens (including phenoxy) is 2. The van der Waals surface area contributed by atoms with Crippen molar-refractivity contribution in [2.75, 3.05) is 29.2 Å². The first kappa shape index (κ1) is 17.4. The molecule has 0 aromatic heterocycles. The van der Waals surface area contributed by atoms with E-state index in [4.69, 9.17) is 9.47 Å². The number of hydrogen-bond acceptors (Lipinski definition) is 5. The van der Waals surface area contributed by atoms with Crippen molar-refractivity contribution < 1.29 is 19.1 Å². The van der Waals surface area contributed by atoms with Crippen LogP contribution in [0.15, 0.2) is 42.5 Å². The van der Waals surface area contributed by atoms with Crippen molar-refractivity contribution in [3.63, 3.8) is 0 Å². The van der Waals surface area contributed by atoms with Crippen LogP contribution in [0, 0.1) is 5.92 Å². The third kappa shape index (κ3) is 3.30. The van der Waals surface area contributed by atoms with E-state index in [1.165, 1.54) is 0 Å².